The molecule has 0 radical (unpaired) electrons. The molecule has 3 nitrogen and oxygen atoms in total. The van der Waals surface area contributed by atoms with Crippen molar-refractivity contribution < 1.29 is 4.79 Å². The maximum atomic E-state index is 12.6. The van der Waals surface area contributed by atoms with Crippen LogP contribution in [-0.4, -0.2) is 23.9 Å². The van der Waals surface area contributed by atoms with Gasteiger partial charge in [0.1, 0.15) is 0 Å². The lowest BCUT2D eigenvalue weighted by Crippen LogP contribution is -2.37. The van der Waals surface area contributed by atoms with Gasteiger partial charge in [0.05, 0.1) is 0 Å². The Labute approximate surface area is 167 Å². The predicted molar refractivity (Wildman–Crippen MR) is 113 cm³/mol. The van der Waals surface area contributed by atoms with Crippen molar-refractivity contribution in [1.82, 2.24) is 4.90 Å². The van der Waals surface area contributed by atoms with E-state index in [0.29, 0.717) is 0 Å². The lowest BCUT2D eigenvalue weighted by atomic mass is 9.95. The van der Waals surface area contributed by atoms with Crippen LogP contribution in [0.25, 0.3) is 0 Å². The summed E-state index contributed by atoms with van der Waals surface area (Å²) < 4.78 is 0. The third kappa shape index (κ3) is 5.82. The van der Waals surface area contributed by atoms with Gasteiger partial charge in [0.25, 0.3) is 0 Å². The van der Waals surface area contributed by atoms with Crippen molar-refractivity contribution in [2.24, 2.45) is 5.92 Å². The lowest BCUT2D eigenvalue weighted by molar-refractivity contribution is -0.121. The van der Waals surface area contributed by atoms with Crippen LogP contribution in [0.15, 0.2) is 48.5 Å². The summed E-state index contributed by atoms with van der Waals surface area (Å²) in [5.74, 6) is 0.237. The van der Waals surface area contributed by atoms with E-state index in [1.165, 1.54) is 18.4 Å². The van der Waals surface area contributed by atoms with Crippen molar-refractivity contribution in [1.29, 1.82) is 0 Å². The first-order valence-corrected chi connectivity index (χ1v) is 10.4. The normalized spacial score (nSPS) is 15.6. The summed E-state index contributed by atoms with van der Waals surface area (Å²) in [4.78, 5) is 15.0. The second kappa shape index (κ2) is 9.91. The highest BCUT2D eigenvalue weighted by Gasteiger charge is 2.25. The van der Waals surface area contributed by atoms with Gasteiger partial charge in [0, 0.05) is 23.2 Å². The summed E-state index contributed by atoms with van der Waals surface area (Å²) >= 11 is 6.26. The minimum Gasteiger partial charge on any atom is -0.326 e. The van der Waals surface area contributed by atoms with E-state index < -0.39 is 0 Å². The molecule has 0 saturated carbocycles. The van der Waals surface area contributed by atoms with Crippen LogP contribution in [0.4, 0.5) is 5.69 Å². The Hall–Kier alpha value is -1.84. The summed E-state index contributed by atoms with van der Waals surface area (Å²) in [6, 6.07) is 16.3. The highest BCUT2D eigenvalue weighted by atomic mass is 35.5. The van der Waals surface area contributed by atoms with Crippen LogP contribution < -0.4 is 5.32 Å². The Morgan fingerprint density at radius 1 is 1.11 bits per heavy atom. The number of amides is 1. The van der Waals surface area contributed by atoms with Crippen LogP contribution in [0.2, 0.25) is 5.02 Å². The molecule has 2 aromatic carbocycles. The van der Waals surface area contributed by atoms with E-state index in [1.54, 1.807) is 0 Å². The van der Waals surface area contributed by atoms with Crippen LogP contribution in [0.1, 0.15) is 43.7 Å². The first kappa shape index (κ1) is 19.9. The number of halogens is 1. The molecule has 0 aromatic heterocycles. The van der Waals surface area contributed by atoms with Crippen molar-refractivity contribution in [3.8, 4) is 0 Å². The van der Waals surface area contributed by atoms with Gasteiger partial charge < -0.3 is 5.32 Å². The van der Waals surface area contributed by atoms with Gasteiger partial charge in [0.2, 0.25) is 5.91 Å². The fourth-order valence-electron chi connectivity index (χ4n) is 3.60. The largest absolute Gasteiger partial charge is 0.326 e. The number of rotatable bonds is 7. The molecule has 1 amide bonds. The smallest absolute Gasteiger partial charge is 0.227 e. The summed E-state index contributed by atoms with van der Waals surface area (Å²) in [5, 5.41) is 3.91. The number of hydrogen-bond acceptors (Lipinski definition) is 2. The summed E-state index contributed by atoms with van der Waals surface area (Å²) in [6.45, 7) is 4.92. The predicted octanol–water partition coefficient (Wildman–Crippen LogP) is 5.53. The molecule has 1 N–H and O–H groups in total. The number of hydrogen-bond donors (Lipinski definition) is 1. The molecule has 1 heterocycles. The minimum atomic E-state index is 0.0901. The van der Waals surface area contributed by atoms with Crippen LogP contribution in [-0.2, 0) is 17.8 Å². The fourth-order valence-corrected chi connectivity index (χ4v) is 3.80. The molecule has 0 unspecified atom stereocenters. The summed E-state index contributed by atoms with van der Waals surface area (Å²) in [5.41, 5.74) is 3.40. The molecule has 144 valence electrons. The molecule has 0 atom stereocenters. The number of carbonyl (C=O) groups is 1. The highest BCUT2D eigenvalue weighted by molar-refractivity contribution is 6.31. The molecule has 1 fully saturated rings. The zero-order chi connectivity index (χ0) is 19.1. The molecular weight excluding hydrogens is 356 g/mol. The Morgan fingerprint density at radius 2 is 1.81 bits per heavy atom. The van der Waals surface area contributed by atoms with Gasteiger partial charge in [-0.3, -0.25) is 9.69 Å². The Morgan fingerprint density at radius 3 is 2.48 bits per heavy atom. The maximum Gasteiger partial charge on any atom is 0.227 e. The number of carbonyl (C=O) groups excluding carboxylic acids is 1. The van der Waals surface area contributed by atoms with Gasteiger partial charge in [-0.25, -0.2) is 0 Å². The van der Waals surface area contributed by atoms with Crippen LogP contribution in [0.3, 0.4) is 0 Å². The molecule has 0 bridgehead atoms. The number of benzene rings is 2. The molecule has 1 saturated heterocycles. The van der Waals surface area contributed by atoms with Gasteiger partial charge >= 0.3 is 0 Å². The van der Waals surface area contributed by atoms with Gasteiger partial charge in [-0.2, -0.15) is 0 Å². The van der Waals surface area contributed by atoms with E-state index in [2.05, 4.69) is 35.3 Å². The van der Waals surface area contributed by atoms with Gasteiger partial charge in [-0.1, -0.05) is 55.3 Å². The average molecular weight is 385 g/mol. The van der Waals surface area contributed by atoms with Crippen molar-refractivity contribution in [2.75, 3.05) is 18.4 Å². The lowest BCUT2D eigenvalue weighted by Gasteiger charge is -2.31. The SMILES string of the molecule is CCCCc1ccc(NC(=O)C2CCN(Cc3ccccc3Cl)CC2)cc1. The monoisotopic (exact) mass is 384 g/mol. The fraction of sp³-hybridized carbons (Fsp3) is 0.435. The maximum absolute atomic E-state index is 12.6. The number of nitrogens with zero attached hydrogens (tertiary/aromatic N) is 1. The minimum absolute atomic E-state index is 0.0901. The summed E-state index contributed by atoms with van der Waals surface area (Å²) in [6.07, 6.45) is 5.30. The molecule has 1 aliphatic heterocycles. The number of nitrogens with one attached hydrogen (secondary N) is 1. The molecule has 27 heavy (non-hydrogen) atoms. The van der Waals surface area contributed by atoms with Crippen molar-refractivity contribution in [3.63, 3.8) is 0 Å². The van der Waals surface area contributed by atoms with Crippen LogP contribution in [0.5, 0.6) is 0 Å². The number of piperidine rings is 1. The van der Waals surface area contributed by atoms with Crippen LogP contribution in [0, 0.1) is 5.92 Å². The Bertz CT molecular complexity index is 736. The molecular formula is C23H29ClN2O. The number of aryl methyl sites for hydroxylation is 1. The van der Waals surface area contributed by atoms with Gasteiger partial charge in [-0.15, -0.1) is 0 Å². The van der Waals surface area contributed by atoms with Crippen molar-refractivity contribution in [2.45, 2.75) is 45.6 Å². The molecule has 0 spiro atoms. The number of likely N-dealkylation sites (tertiary alicyclic amines) is 1. The standard InChI is InChI=1S/C23H29ClN2O/c1-2-3-6-18-9-11-21(12-10-18)25-23(27)19-13-15-26(16-14-19)17-20-7-4-5-8-22(20)24/h4-5,7-12,19H,2-3,6,13-17H2,1H3,(H,25,27). The number of anilines is 1. The summed E-state index contributed by atoms with van der Waals surface area (Å²) in [7, 11) is 0. The highest BCUT2D eigenvalue weighted by Crippen LogP contribution is 2.23. The molecule has 0 aliphatic carbocycles. The third-order valence-electron chi connectivity index (χ3n) is 5.35. The average Bonchev–Trinajstić information content (AvgIpc) is 2.70. The molecule has 1 aliphatic rings. The van der Waals surface area contributed by atoms with E-state index in [-0.39, 0.29) is 11.8 Å². The van der Waals surface area contributed by atoms with E-state index >= 15 is 0 Å². The Kier molecular flexibility index (Phi) is 7.31. The van der Waals surface area contributed by atoms with Crippen molar-refractivity contribution in [3.05, 3.63) is 64.7 Å². The van der Waals surface area contributed by atoms with E-state index in [1.807, 2.05) is 30.3 Å². The zero-order valence-electron chi connectivity index (χ0n) is 16.1. The van der Waals surface area contributed by atoms with E-state index in [4.69, 9.17) is 11.6 Å². The Balaban J connectivity index is 1.46. The number of unbranched alkanes of at least 4 members (excludes halogenated alkanes) is 1. The van der Waals surface area contributed by atoms with Gasteiger partial charge in [0.15, 0.2) is 0 Å². The second-order valence-electron chi connectivity index (χ2n) is 7.43. The van der Waals surface area contributed by atoms with Gasteiger partial charge in [-0.05, 0) is 68.1 Å². The molecule has 3 rings (SSSR count). The molecule has 4 heteroatoms. The third-order valence-corrected chi connectivity index (χ3v) is 5.72. The zero-order valence-corrected chi connectivity index (χ0v) is 16.8. The molecule has 2 aromatic rings. The van der Waals surface area contributed by atoms with Crippen molar-refractivity contribution >= 4 is 23.2 Å². The van der Waals surface area contributed by atoms with E-state index in [0.717, 1.165) is 55.2 Å². The first-order chi connectivity index (χ1) is 13.2. The second-order valence-corrected chi connectivity index (χ2v) is 7.84. The van der Waals surface area contributed by atoms with E-state index in [9.17, 15) is 4.79 Å². The first-order valence-electron chi connectivity index (χ1n) is 10.0. The topological polar surface area (TPSA) is 32.3 Å². The quantitative estimate of drug-likeness (QED) is 0.680. The van der Waals surface area contributed by atoms with Crippen LogP contribution >= 0.6 is 11.6 Å².